The molecule has 2 heterocycles. The summed E-state index contributed by atoms with van der Waals surface area (Å²) in [5.74, 6) is 0. The molecule has 0 spiro atoms. The SMILES string of the molecule is CC.CN(C)CCn1cc2sc3ccccc3c2n1. The van der Waals surface area contributed by atoms with Gasteiger partial charge in [0, 0.05) is 22.8 Å². The molecule has 3 rings (SSSR count). The highest BCUT2D eigenvalue weighted by Crippen LogP contribution is 2.32. The number of fused-ring (bicyclic) bond motifs is 3. The fourth-order valence-electron chi connectivity index (χ4n) is 1.95. The Kier molecular flexibility index (Phi) is 4.56. The molecule has 2 aromatic heterocycles. The molecular formula is C15H21N3S. The Balaban J connectivity index is 0.000000637. The van der Waals surface area contributed by atoms with E-state index >= 15 is 0 Å². The van der Waals surface area contributed by atoms with Crippen LogP contribution in [0.25, 0.3) is 20.3 Å². The van der Waals surface area contributed by atoms with Gasteiger partial charge in [-0.05, 0) is 20.2 Å². The largest absolute Gasteiger partial charge is 0.308 e. The van der Waals surface area contributed by atoms with Crippen LogP contribution in [0, 0.1) is 0 Å². The van der Waals surface area contributed by atoms with E-state index in [2.05, 4.69) is 54.6 Å². The van der Waals surface area contributed by atoms with Crippen molar-refractivity contribution >= 4 is 31.6 Å². The van der Waals surface area contributed by atoms with Crippen molar-refractivity contribution in [2.45, 2.75) is 20.4 Å². The van der Waals surface area contributed by atoms with Gasteiger partial charge < -0.3 is 4.90 Å². The van der Waals surface area contributed by atoms with Gasteiger partial charge in [-0.15, -0.1) is 11.3 Å². The van der Waals surface area contributed by atoms with Crippen LogP contribution >= 0.6 is 11.3 Å². The van der Waals surface area contributed by atoms with E-state index in [1.54, 1.807) is 0 Å². The van der Waals surface area contributed by atoms with Crippen LogP contribution in [0.15, 0.2) is 30.5 Å². The van der Waals surface area contributed by atoms with E-state index in [0.717, 1.165) is 18.6 Å². The highest BCUT2D eigenvalue weighted by atomic mass is 32.1. The number of rotatable bonds is 3. The summed E-state index contributed by atoms with van der Waals surface area (Å²) < 4.78 is 4.66. The van der Waals surface area contributed by atoms with Crippen LogP contribution in [0.1, 0.15) is 13.8 Å². The lowest BCUT2D eigenvalue weighted by Gasteiger charge is -2.08. The van der Waals surface area contributed by atoms with Crippen LogP contribution < -0.4 is 0 Å². The van der Waals surface area contributed by atoms with Crippen molar-refractivity contribution in [1.29, 1.82) is 0 Å². The predicted molar refractivity (Wildman–Crippen MR) is 85.0 cm³/mol. The average molecular weight is 275 g/mol. The van der Waals surface area contributed by atoms with Gasteiger partial charge in [0.1, 0.15) is 5.52 Å². The molecular weight excluding hydrogens is 254 g/mol. The smallest absolute Gasteiger partial charge is 0.111 e. The lowest BCUT2D eigenvalue weighted by Crippen LogP contribution is -2.18. The lowest BCUT2D eigenvalue weighted by molar-refractivity contribution is 0.374. The van der Waals surface area contributed by atoms with E-state index in [4.69, 9.17) is 0 Å². The second-order valence-electron chi connectivity index (χ2n) is 4.51. The van der Waals surface area contributed by atoms with Crippen molar-refractivity contribution in [2.75, 3.05) is 20.6 Å². The summed E-state index contributed by atoms with van der Waals surface area (Å²) >= 11 is 1.82. The van der Waals surface area contributed by atoms with Gasteiger partial charge in [-0.25, -0.2) is 0 Å². The number of likely N-dealkylation sites (N-methyl/N-ethyl adjacent to an activating group) is 1. The van der Waals surface area contributed by atoms with Gasteiger partial charge in [0.15, 0.2) is 0 Å². The zero-order valence-corrected chi connectivity index (χ0v) is 12.9. The fourth-order valence-corrected chi connectivity index (χ4v) is 3.03. The normalized spacial score (nSPS) is 11.0. The molecule has 0 unspecified atom stereocenters. The Morgan fingerprint density at radius 2 is 1.89 bits per heavy atom. The fraction of sp³-hybridized carbons (Fsp3) is 0.400. The molecule has 4 heteroatoms. The first-order valence-corrected chi connectivity index (χ1v) is 7.55. The maximum atomic E-state index is 4.67. The van der Waals surface area contributed by atoms with Gasteiger partial charge >= 0.3 is 0 Å². The molecule has 0 aliphatic heterocycles. The highest BCUT2D eigenvalue weighted by Gasteiger charge is 2.08. The minimum absolute atomic E-state index is 0.947. The van der Waals surface area contributed by atoms with Crippen molar-refractivity contribution in [3.63, 3.8) is 0 Å². The third kappa shape index (κ3) is 2.96. The topological polar surface area (TPSA) is 21.1 Å². The van der Waals surface area contributed by atoms with Gasteiger partial charge in [0.05, 0.1) is 11.2 Å². The zero-order valence-electron chi connectivity index (χ0n) is 12.1. The van der Waals surface area contributed by atoms with Crippen LogP contribution in [-0.4, -0.2) is 35.3 Å². The summed E-state index contributed by atoms with van der Waals surface area (Å²) in [6, 6.07) is 8.47. The van der Waals surface area contributed by atoms with Gasteiger partial charge in [-0.3, -0.25) is 4.68 Å². The standard InChI is InChI=1S/C13H15N3S.C2H6/c1-15(2)7-8-16-9-12-13(14-16)10-5-3-4-6-11(10)17-12;1-2/h3-6,9H,7-8H2,1-2H3;1-2H3. The summed E-state index contributed by atoms with van der Waals surface area (Å²) in [6.45, 7) is 5.97. The molecule has 1 aromatic carbocycles. The molecule has 0 N–H and O–H groups in total. The van der Waals surface area contributed by atoms with E-state index in [-0.39, 0.29) is 0 Å². The summed E-state index contributed by atoms with van der Waals surface area (Å²) in [4.78, 5) is 2.17. The zero-order chi connectivity index (χ0) is 13.8. The number of nitrogens with zero attached hydrogens (tertiary/aromatic N) is 3. The van der Waals surface area contributed by atoms with Crippen LogP contribution in [0.5, 0.6) is 0 Å². The minimum atomic E-state index is 0.947. The number of thiophene rings is 1. The molecule has 0 atom stereocenters. The van der Waals surface area contributed by atoms with E-state index in [1.807, 2.05) is 29.9 Å². The van der Waals surface area contributed by atoms with E-state index in [0.29, 0.717) is 0 Å². The molecule has 0 radical (unpaired) electrons. The second-order valence-corrected chi connectivity index (χ2v) is 5.59. The maximum absolute atomic E-state index is 4.67. The Bertz CT molecular complexity index is 652. The van der Waals surface area contributed by atoms with Crippen molar-refractivity contribution in [1.82, 2.24) is 14.7 Å². The summed E-state index contributed by atoms with van der Waals surface area (Å²) in [5.41, 5.74) is 1.14. The molecule has 0 fully saturated rings. The lowest BCUT2D eigenvalue weighted by atomic mass is 10.2. The molecule has 0 aliphatic carbocycles. The number of hydrogen-bond donors (Lipinski definition) is 0. The number of benzene rings is 1. The Morgan fingerprint density at radius 1 is 1.16 bits per heavy atom. The van der Waals surface area contributed by atoms with Crippen LogP contribution in [0.3, 0.4) is 0 Å². The first kappa shape index (κ1) is 14.0. The van der Waals surface area contributed by atoms with Crippen LogP contribution in [-0.2, 0) is 6.54 Å². The second kappa shape index (κ2) is 6.17. The van der Waals surface area contributed by atoms with Crippen molar-refractivity contribution < 1.29 is 0 Å². The summed E-state index contributed by atoms with van der Waals surface area (Å²) in [7, 11) is 4.17. The van der Waals surface area contributed by atoms with Gasteiger partial charge in [0.2, 0.25) is 0 Å². The molecule has 3 nitrogen and oxygen atoms in total. The van der Waals surface area contributed by atoms with Gasteiger partial charge in [-0.1, -0.05) is 32.0 Å². The molecule has 102 valence electrons. The Labute approximate surface area is 118 Å². The Morgan fingerprint density at radius 3 is 2.63 bits per heavy atom. The predicted octanol–water partition coefficient (Wildman–Crippen LogP) is 3.84. The van der Waals surface area contributed by atoms with Crippen LogP contribution in [0.4, 0.5) is 0 Å². The van der Waals surface area contributed by atoms with Crippen molar-refractivity contribution in [3.8, 4) is 0 Å². The van der Waals surface area contributed by atoms with Gasteiger partial charge in [-0.2, -0.15) is 5.10 Å². The molecule has 0 amide bonds. The summed E-state index contributed by atoms with van der Waals surface area (Å²) in [5, 5.41) is 5.95. The third-order valence-corrected chi connectivity index (χ3v) is 3.96. The third-order valence-electron chi connectivity index (χ3n) is 2.87. The quantitative estimate of drug-likeness (QED) is 0.724. The number of hydrogen-bond acceptors (Lipinski definition) is 3. The molecule has 0 bridgehead atoms. The first-order chi connectivity index (χ1) is 9.24. The number of aromatic nitrogens is 2. The Hall–Kier alpha value is -1.39. The molecule has 19 heavy (non-hydrogen) atoms. The molecule has 0 aliphatic rings. The molecule has 3 aromatic rings. The van der Waals surface area contributed by atoms with E-state index in [9.17, 15) is 0 Å². The summed E-state index contributed by atoms with van der Waals surface area (Å²) in [6.07, 6.45) is 2.16. The van der Waals surface area contributed by atoms with E-state index < -0.39 is 0 Å². The first-order valence-electron chi connectivity index (χ1n) is 6.73. The van der Waals surface area contributed by atoms with E-state index in [1.165, 1.54) is 14.8 Å². The monoisotopic (exact) mass is 275 g/mol. The van der Waals surface area contributed by atoms with Crippen LogP contribution in [0.2, 0.25) is 0 Å². The average Bonchev–Trinajstić information content (AvgIpc) is 2.95. The molecule has 0 saturated carbocycles. The molecule has 0 saturated heterocycles. The van der Waals surface area contributed by atoms with Crippen molar-refractivity contribution in [2.24, 2.45) is 0 Å². The van der Waals surface area contributed by atoms with Gasteiger partial charge in [0.25, 0.3) is 0 Å². The van der Waals surface area contributed by atoms with Crippen molar-refractivity contribution in [3.05, 3.63) is 30.5 Å². The minimum Gasteiger partial charge on any atom is -0.308 e. The highest BCUT2D eigenvalue weighted by molar-refractivity contribution is 7.25. The maximum Gasteiger partial charge on any atom is 0.111 e.